The molecule has 0 aliphatic heterocycles. The van der Waals surface area contributed by atoms with Gasteiger partial charge in [-0.25, -0.2) is 0 Å². The number of benzene rings is 2. The fourth-order valence-electron chi connectivity index (χ4n) is 2.34. The molecule has 0 spiro atoms. The maximum atomic E-state index is 5.96. The largest absolute Gasteiger partial charge is 0.494 e. The Morgan fingerprint density at radius 1 is 0.950 bits per heavy atom. The summed E-state index contributed by atoms with van der Waals surface area (Å²) in [5.41, 5.74) is 11.3. The van der Waals surface area contributed by atoms with Gasteiger partial charge in [-0.15, -0.1) is 0 Å². The summed E-state index contributed by atoms with van der Waals surface area (Å²) < 4.78 is 5.55. The molecule has 0 radical (unpaired) electrons. The van der Waals surface area contributed by atoms with Crippen molar-refractivity contribution in [1.29, 1.82) is 0 Å². The lowest BCUT2D eigenvalue weighted by atomic mass is 10.1. The van der Waals surface area contributed by atoms with Gasteiger partial charge in [0.15, 0.2) is 0 Å². The summed E-state index contributed by atoms with van der Waals surface area (Å²) in [5.74, 6) is 0.804. The smallest absolute Gasteiger partial charge is 0.123 e. The molecule has 20 heavy (non-hydrogen) atoms. The molecule has 0 aliphatic carbocycles. The monoisotopic (exact) mass is 270 g/mol. The molecule has 0 amide bonds. The number of anilines is 3. The number of nitrogens with two attached hydrogens (primary N) is 1. The van der Waals surface area contributed by atoms with E-state index in [4.69, 9.17) is 10.5 Å². The number of ether oxygens (including phenoxy) is 1. The van der Waals surface area contributed by atoms with Crippen LogP contribution >= 0.6 is 0 Å². The summed E-state index contributed by atoms with van der Waals surface area (Å²) in [6, 6.07) is 12.3. The van der Waals surface area contributed by atoms with Gasteiger partial charge < -0.3 is 15.4 Å². The molecule has 0 aliphatic rings. The van der Waals surface area contributed by atoms with Gasteiger partial charge in [0.25, 0.3) is 0 Å². The van der Waals surface area contributed by atoms with Crippen LogP contribution in [-0.4, -0.2) is 13.7 Å². The molecule has 2 N–H and O–H groups in total. The lowest BCUT2D eigenvalue weighted by Gasteiger charge is -2.22. The van der Waals surface area contributed by atoms with Crippen molar-refractivity contribution in [3.63, 3.8) is 0 Å². The zero-order chi connectivity index (χ0) is 14.7. The molecular formula is C17H22N2O. The Bertz CT molecular complexity index is 588. The second-order valence-corrected chi connectivity index (χ2v) is 5.10. The maximum Gasteiger partial charge on any atom is 0.123 e. The first-order valence-corrected chi connectivity index (χ1v) is 6.85. The van der Waals surface area contributed by atoms with Crippen molar-refractivity contribution in [3.05, 3.63) is 47.5 Å². The number of hydrogen-bond donors (Lipinski definition) is 1. The molecule has 0 atom stereocenters. The number of nitrogen functional groups attached to an aromatic ring is 1. The summed E-state index contributed by atoms with van der Waals surface area (Å²) >= 11 is 0. The highest BCUT2D eigenvalue weighted by Gasteiger charge is 2.08. The van der Waals surface area contributed by atoms with Crippen molar-refractivity contribution < 1.29 is 4.74 Å². The van der Waals surface area contributed by atoms with Gasteiger partial charge in [0.05, 0.1) is 6.61 Å². The van der Waals surface area contributed by atoms with Gasteiger partial charge in [0.2, 0.25) is 0 Å². The van der Waals surface area contributed by atoms with E-state index in [1.807, 2.05) is 32.2 Å². The molecular weight excluding hydrogens is 248 g/mol. The van der Waals surface area contributed by atoms with E-state index in [2.05, 4.69) is 36.9 Å². The lowest BCUT2D eigenvalue weighted by Crippen LogP contribution is -2.10. The third-order valence-corrected chi connectivity index (χ3v) is 3.21. The predicted molar refractivity (Wildman–Crippen MR) is 86.0 cm³/mol. The second kappa shape index (κ2) is 5.87. The van der Waals surface area contributed by atoms with E-state index in [-0.39, 0.29) is 0 Å². The van der Waals surface area contributed by atoms with Crippen LogP contribution < -0.4 is 15.4 Å². The van der Waals surface area contributed by atoms with Gasteiger partial charge >= 0.3 is 0 Å². The molecule has 0 bridgehead atoms. The summed E-state index contributed by atoms with van der Waals surface area (Å²) in [4.78, 5) is 2.12. The van der Waals surface area contributed by atoms with E-state index < -0.39 is 0 Å². The minimum absolute atomic E-state index is 0.635. The fourth-order valence-corrected chi connectivity index (χ4v) is 2.34. The van der Waals surface area contributed by atoms with E-state index in [0.29, 0.717) is 12.3 Å². The lowest BCUT2D eigenvalue weighted by molar-refractivity contribution is 0.340. The van der Waals surface area contributed by atoms with Crippen LogP contribution in [0.1, 0.15) is 18.1 Å². The van der Waals surface area contributed by atoms with Crippen LogP contribution in [0, 0.1) is 13.8 Å². The Balaban J connectivity index is 2.39. The SMILES string of the molecule is CCOc1cc(N)cc(N(C)c2cc(C)cc(C)c2)c1. The molecule has 0 aromatic heterocycles. The van der Waals surface area contributed by atoms with Crippen molar-refractivity contribution >= 4 is 17.1 Å². The highest BCUT2D eigenvalue weighted by Crippen LogP contribution is 2.30. The van der Waals surface area contributed by atoms with Crippen molar-refractivity contribution in [3.8, 4) is 5.75 Å². The zero-order valence-corrected chi connectivity index (χ0v) is 12.6. The van der Waals surface area contributed by atoms with Gasteiger partial charge in [-0.2, -0.15) is 0 Å². The van der Waals surface area contributed by atoms with Crippen LogP contribution in [-0.2, 0) is 0 Å². The average Bonchev–Trinajstić information content (AvgIpc) is 2.36. The van der Waals surface area contributed by atoms with Crippen LogP contribution in [0.3, 0.4) is 0 Å². The molecule has 2 aromatic rings. The van der Waals surface area contributed by atoms with Crippen LogP contribution in [0.5, 0.6) is 5.75 Å². The van der Waals surface area contributed by atoms with Gasteiger partial charge in [0.1, 0.15) is 5.75 Å². The molecule has 0 saturated heterocycles. The molecule has 3 heteroatoms. The molecule has 106 valence electrons. The molecule has 2 rings (SSSR count). The summed E-state index contributed by atoms with van der Waals surface area (Å²) in [6.07, 6.45) is 0. The number of hydrogen-bond acceptors (Lipinski definition) is 3. The van der Waals surface area contributed by atoms with Crippen molar-refractivity contribution in [1.82, 2.24) is 0 Å². The summed E-state index contributed by atoms with van der Waals surface area (Å²) in [5, 5.41) is 0. The summed E-state index contributed by atoms with van der Waals surface area (Å²) in [6.45, 7) is 6.82. The Kier molecular flexibility index (Phi) is 4.18. The standard InChI is InChI=1S/C17H22N2O/c1-5-20-17-10-14(18)9-16(11-17)19(4)15-7-12(2)6-13(3)8-15/h6-11H,5,18H2,1-4H3. The Hall–Kier alpha value is -2.16. The Morgan fingerprint density at radius 2 is 1.55 bits per heavy atom. The van der Waals surface area contributed by atoms with Crippen LogP contribution in [0.4, 0.5) is 17.1 Å². The first-order valence-electron chi connectivity index (χ1n) is 6.85. The summed E-state index contributed by atoms with van der Waals surface area (Å²) in [7, 11) is 2.04. The van der Waals surface area contributed by atoms with Gasteiger partial charge in [-0.3, -0.25) is 0 Å². The van der Waals surface area contributed by atoms with E-state index in [1.165, 1.54) is 11.1 Å². The molecule has 3 nitrogen and oxygen atoms in total. The molecule has 0 fully saturated rings. The van der Waals surface area contributed by atoms with Gasteiger partial charge in [0, 0.05) is 36.2 Å². The van der Waals surface area contributed by atoms with Crippen molar-refractivity contribution in [2.75, 3.05) is 24.3 Å². The maximum absolute atomic E-state index is 5.96. The van der Waals surface area contributed by atoms with Crippen molar-refractivity contribution in [2.24, 2.45) is 0 Å². The third kappa shape index (κ3) is 3.23. The fraction of sp³-hybridized carbons (Fsp3) is 0.294. The number of aryl methyl sites for hydroxylation is 2. The van der Waals surface area contributed by atoms with Gasteiger partial charge in [-0.1, -0.05) is 6.07 Å². The van der Waals surface area contributed by atoms with E-state index >= 15 is 0 Å². The minimum atomic E-state index is 0.635. The first-order chi connectivity index (χ1) is 9.49. The number of nitrogens with zero attached hydrogens (tertiary/aromatic N) is 1. The number of rotatable bonds is 4. The second-order valence-electron chi connectivity index (χ2n) is 5.10. The quantitative estimate of drug-likeness (QED) is 0.852. The van der Waals surface area contributed by atoms with E-state index in [9.17, 15) is 0 Å². The highest BCUT2D eigenvalue weighted by atomic mass is 16.5. The van der Waals surface area contributed by atoms with E-state index in [0.717, 1.165) is 17.1 Å². The first kappa shape index (κ1) is 14.3. The molecule has 0 heterocycles. The third-order valence-electron chi connectivity index (χ3n) is 3.21. The minimum Gasteiger partial charge on any atom is -0.494 e. The van der Waals surface area contributed by atoms with Crippen LogP contribution in [0.15, 0.2) is 36.4 Å². The zero-order valence-electron chi connectivity index (χ0n) is 12.6. The van der Waals surface area contributed by atoms with E-state index in [1.54, 1.807) is 0 Å². The molecule has 2 aromatic carbocycles. The van der Waals surface area contributed by atoms with Crippen LogP contribution in [0.2, 0.25) is 0 Å². The Morgan fingerprint density at radius 3 is 2.15 bits per heavy atom. The molecule has 0 saturated carbocycles. The Labute approximate surface area is 121 Å². The average molecular weight is 270 g/mol. The normalized spacial score (nSPS) is 10.4. The molecule has 0 unspecified atom stereocenters. The van der Waals surface area contributed by atoms with Crippen molar-refractivity contribution in [2.45, 2.75) is 20.8 Å². The highest BCUT2D eigenvalue weighted by molar-refractivity contribution is 5.69. The topological polar surface area (TPSA) is 38.5 Å². The predicted octanol–water partition coefficient (Wildman–Crippen LogP) is 4.05. The van der Waals surface area contributed by atoms with Gasteiger partial charge in [-0.05, 0) is 50.1 Å². The van der Waals surface area contributed by atoms with Crippen LogP contribution in [0.25, 0.3) is 0 Å².